The van der Waals surface area contributed by atoms with E-state index in [-0.39, 0.29) is 38.8 Å². The molecule has 0 saturated carbocycles. The number of halogens is 6. The van der Waals surface area contributed by atoms with Crippen molar-refractivity contribution in [3.05, 3.63) is 0 Å². The van der Waals surface area contributed by atoms with E-state index in [1.54, 1.807) is 10.6 Å². The van der Waals surface area contributed by atoms with E-state index in [0.717, 1.165) is 0 Å². The van der Waals surface area contributed by atoms with Gasteiger partial charge < -0.3 is 16.0 Å². The fourth-order valence-electron chi connectivity index (χ4n) is 2.14. The average molecular weight is 435 g/mol. The van der Waals surface area contributed by atoms with Crippen molar-refractivity contribution in [2.24, 2.45) is 5.92 Å². The smallest absolute Gasteiger partial charge is 0.348 e. The maximum atomic E-state index is 12.1. The molecule has 0 saturated heterocycles. The molecule has 0 fully saturated rings. The number of nitrogens with one attached hydrogen (secondary N) is 3. The zero-order valence-electron chi connectivity index (χ0n) is 15.8. The summed E-state index contributed by atoms with van der Waals surface area (Å²) in [5.41, 5.74) is 0. The van der Waals surface area contributed by atoms with Crippen LogP contribution in [0.4, 0.5) is 26.3 Å². The monoisotopic (exact) mass is 435 g/mol. The van der Waals surface area contributed by atoms with Crippen molar-refractivity contribution >= 4 is 23.5 Å². The minimum atomic E-state index is -5.01. The van der Waals surface area contributed by atoms with Gasteiger partial charge in [-0.25, -0.2) is 0 Å². The van der Waals surface area contributed by atoms with Crippen LogP contribution in [0.25, 0.3) is 0 Å². The van der Waals surface area contributed by atoms with Crippen molar-refractivity contribution in [3.63, 3.8) is 0 Å². The second-order valence-corrected chi connectivity index (χ2v) is 6.36. The van der Waals surface area contributed by atoms with E-state index in [0.29, 0.717) is 0 Å². The SMILES string of the molecule is CC(=O)C(CCCNC(=O)C(F)(F)F)NC(=O)C(C)CCCNC(=O)C(F)(F)F. The molecule has 168 valence electrons. The zero-order chi connectivity index (χ0) is 22.8. The predicted octanol–water partition coefficient (Wildman–Crippen LogP) is 1.61. The highest BCUT2D eigenvalue weighted by Crippen LogP contribution is 2.15. The molecular weight excluding hydrogens is 412 g/mol. The highest BCUT2D eigenvalue weighted by Gasteiger charge is 2.38. The Balaban J connectivity index is 4.30. The van der Waals surface area contributed by atoms with E-state index in [1.807, 2.05) is 0 Å². The van der Waals surface area contributed by atoms with Crippen LogP contribution in [0.3, 0.4) is 0 Å². The molecule has 3 amide bonds. The third kappa shape index (κ3) is 11.3. The Hall–Kier alpha value is -2.34. The van der Waals surface area contributed by atoms with Crippen molar-refractivity contribution in [3.8, 4) is 0 Å². The summed E-state index contributed by atoms with van der Waals surface area (Å²) in [4.78, 5) is 45.0. The van der Waals surface area contributed by atoms with Crippen LogP contribution in [-0.4, -0.2) is 55.0 Å². The fraction of sp³-hybridized carbons (Fsp3) is 0.750. The van der Waals surface area contributed by atoms with Crippen LogP contribution in [0.15, 0.2) is 0 Å². The van der Waals surface area contributed by atoms with E-state index in [4.69, 9.17) is 0 Å². The lowest BCUT2D eigenvalue weighted by atomic mass is 10.0. The lowest BCUT2D eigenvalue weighted by Gasteiger charge is -2.19. The molecule has 0 aromatic carbocycles. The second kappa shape index (κ2) is 11.6. The fourth-order valence-corrected chi connectivity index (χ4v) is 2.14. The lowest BCUT2D eigenvalue weighted by Crippen LogP contribution is -2.43. The molecule has 29 heavy (non-hydrogen) atoms. The summed E-state index contributed by atoms with van der Waals surface area (Å²) in [6.07, 6.45) is -9.78. The molecule has 0 aromatic heterocycles. The van der Waals surface area contributed by atoms with Crippen molar-refractivity contribution in [2.45, 2.75) is 57.9 Å². The molecule has 0 aromatic rings. The van der Waals surface area contributed by atoms with Gasteiger partial charge in [0, 0.05) is 19.0 Å². The molecule has 0 aliphatic carbocycles. The maximum absolute atomic E-state index is 12.1. The van der Waals surface area contributed by atoms with E-state index in [1.165, 1.54) is 13.8 Å². The number of amides is 3. The van der Waals surface area contributed by atoms with Gasteiger partial charge in [0.25, 0.3) is 0 Å². The summed E-state index contributed by atoms with van der Waals surface area (Å²) in [6, 6.07) is -0.974. The van der Waals surface area contributed by atoms with Gasteiger partial charge in [-0.05, 0) is 32.6 Å². The third-order valence-electron chi connectivity index (χ3n) is 3.82. The maximum Gasteiger partial charge on any atom is 0.471 e. The number of Topliss-reactive ketones (excluding diaryl/α,β-unsaturated/α-hetero) is 1. The van der Waals surface area contributed by atoms with Gasteiger partial charge in [0.1, 0.15) is 0 Å². The van der Waals surface area contributed by atoms with Crippen molar-refractivity contribution in [1.82, 2.24) is 16.0 Å². The molecule has 0 radical (unpaired) electrons. The average Bonchev–Trinajstić information content (AvgIpc) is 2.58. The molecule has 7 nitrogen and oxygen atoms in total. The first-order valence-corrected chi connectivity index (χ1v) is 8.67. The Morgan fingerprint density at radius 1 is 0.793 bits per heavy atom. The molecular formula is C16H23F6N3O4. The summed E-state index contributed by atoms with van der Waals surface area (Å²) in [5.74, 6) is -5.86. The minimum absolute atomic E-state index is 0.00417. The zero-order valence-corrected chi connectivity index (χ0v) is 15.8. The topological polar surface area (TPSA) is 104 Å². The Labute approximate surface area is 163 Å². The van der Waals surface area contributed by atoms with Crippen LogP contribution < -0.4 is 16.0 Å². The first-order chi connectivity index (χ1) is 13.2. The van der Waals surface area contributed by atoms with E-state index < -0.39 is 47.8 Å². The van der Waals surface area contributed by atoms with Gasteiger partial charge in [0.15, 0.2) is 5.78 Å². The molecule has 3 N–H and O–H groups in total. The minimum Gasteiger partial charge on any atom is -0.348 e. The molecule has 0 heterocycles. The Morgan fingerprint density at radius 3 is 1.59 bits per heavy atom. The van der Waals surface area contributed by atoms with Gasteiger partial charge in [0.2, 0.25) is 5.91 Å². The number of hydrogen-bond acceptors (Lipinski definition) is 4. The summed E-state index contributed by atoms with van der Waals surface area (Å²) in [6.45, 7) is 2.02. The molecule has 0 aliphatic heterocycles. The molecule has 2 unspecified atom stereocenters. The van der Waals surface area contributed by atoms with Crippen molar-refractivity contribution in [1.29, 1.82) is 0 Å². The highest BCUT2D eigenvalue weighted by atomic mass is 19.4. The molecule has 0 spiro atoms. The van der Waals surface area contributed by atoms with Gasteiger partial charge in [-0.15, -0.1) is 0 Å². The van der Waals surface area contributed by atoms with Crippen molar-refractivity contribution in [2.75, 3.05) is 13.1 Å². The quantitative estimate of drug-likeness (QED) is 0.339. The van der Waals surface area contributed by atoms with Gasteiger partial charge in [-0.3, -0.25) is 19.2 Å². The molecule has 0 rings (SSSR count). The van der Waals surface area contributed by atoms with Crippen LogP contribution in [0.2, 0.25) is 0 Å². The molecule has 13 heteroatoms. The van der Waals surface area contributed by atoms with E-state index in [2.05, 4.69) is 5.32 Å². The van der Waals surface area contributed by atoms with Crippen LogP contribution >= 0.6 is 0 Å². The predicted molar refractivity (Wildman–Crippen MR) is 88.4 cm³/mol. The van der Waals surface area contributed by atoms with Crippen LogP contribution in [0.1, 0.15) is 39.5 Å². The number of hydrogen-bond donors (Lipinski definition) is 3. The summed E-state index contributed by atoms with van der Waals surface area (Å²) in [7, 11) is 0. The summed E-state index contributed by atoms with van der Waals surface area (Å²) in [5, 5.41) is 5.73. The largest absolute Gasteiger partial charge is 0.471 e. The first-order valence-electron chi connectivity index (χ1n) is 8.67. The molecule has 0 aliphatic rings. The summed E-state index contributed by atoms with van der Waals surface area (Å²) < 4.78 is 72.2. The Bertz CT molecular complexity index is 592. The Kier molecular flexibility index (Phi) is 10.7. The van der Waals surface area contributed by atoms with Crippen LogP contribution in [-0.2, 0) is 19.2 Å². The molecule has 2 atom stereocenters. The Morgan fingerprint density at radius 2 is 1.21 bits per heavy atom. The van der Waals surface area contributed by atoms with Gasteiger partial charge in [-0.2, -0.15) is 26.3 Å². The molecule has 0 bridgehead atoms. The van der Waals surface area contributed by atoms with Gasteiger partial charge in [-0.1, -0.05) is 6.92 Å². The highest BCUT2D eigenvalue weighted by molar-refractivity contribution is 5.88. The van der Waals surface area contributed by atoms with Crippen molar-refractivity contribution < 1.29 is 45.5 Å². The van der Waals surface area contributed by atoms with E-state index in [9.17, 15) is 45.5 Å². The summed E-state index contributed by atoms with van der Waals surface area (Å²) >= 11 is 0. The van der Waals surface area contributed by atoms with Crippen LogP contribution in [0, 0.1) is 5.92 Å². The second-order valence-electron chi connectivity index (χ2n) is 6.36. The number of carbonyl (C=O) groups is 4. The number of carbonyl (C=O) groups excluding carboxylic acids is 4. The lowest BCUT2D eigenvalue weighted by molar-refractivity contribution is -0.173. The number of ketones is 1. The normalized spacial score (nSPS) is 13.9. The third-order valence-corrected chi connectivity index (χ3v) is 3.82. The van der Waals surface area contributed by atoms with E-state index >= 15 is 0 Å². The number of rotatable bonds is 11. The van der Waals surface area contributed by atoms with Gasteiger partial charge in [0.05, 0.1) is 6.04 Å². The number of alkyl halides is 6. The van der Waals surface area contributed by atoms with Gasteiger partial charge >= 0.3 is 24.2 Å². The first kappa shape index (κ1) is 26.7. The standard InChI is InChI=1S/C16H23F6N3O4/c1-9(5-3-7-23-13(28)15(17,18)19)12(27)25-11(10(2)26)6-4-8-24-14(29)16(20,21)22/h9,11H,3-8H2,1-2H3,(H,23,28)(H,24,29)(H,25,27). The van der Waals surface area contributed by atoms with Crippen LogP contribution in [0.5, 0.6) is 0 Å².